The smallest absolute Gasteiger partial charge is 0.254 e. The lowest BCUT2D eigenvalue weighted by Gasteiger charge is -2.44. The number of aryl methyl sites for hydroxylation is 1. The third-order valence-corrected chi connectivity index (χ3v) is 17.0. The van der Waals surface area contributed by atoms with Crippen LogP contribution in [0.5, 0.6) is 0 Å². The molecular weight excluding hydrogens is 828 g/mol. The van der Waals surface area contributed by atoms with Crippen molar-refractivity contribution in [2.24, 2.45) is 0 Å². The zero-order chi connectivity index (χ0) is 47.3. The lowest BCUT2D eigenvalue weighted by Crippen LogP contribution is -2.61. The van der Waals surface area contributed by atoms with E-state index in [1.54, 1.807) is 0 Å². The first-order chi connectivity index (χ1) is 31.5. The summed E-state index contributed by atoms with van der Waals surface area (Å²) in [6.07, 6.45) is 2.38. The second-order valence-corrected chi connectivity index (χ2v) is 25.7. The molecule has 11 rings (SSSR count). The van der Waals surface area contributed by atoms with Gasteiger partial charge in [-0.2, -0.15) is 0 Å². The van der Waals surface area contributed by atoms with Gasteiger partial charge in [-0.3, -0.25) is 0 Å². The maximum Gasteiger partial charge on any atom is 0.254 e. The Morgan fingerprint density at radius 1 is 0.493 bits per heavy atom. The van der Waals surface area contributed by atoms with Gasteiger partial charge in [0.05, 0.1) is 10.7 Å². The minimum Gasteiger partial charge on any atom is -0.311 e. The van der Waals surface area contributed by atoms with Gasteiger partial charge >= 0.3 is 0 Å². The number of benzene rings is 7. The summed E-state index contributed by atoms with van der Waals surface area (Å²) in [6.45, 7) is 33.3. The molecular formula is C63H67BN2S. The van der Waals surface area contributed by atoms with Crippen molar-refractivity contribution < 1.29 is 0 Å². The molecule has 0 atom stereocenters. The van der Waals surface area contributed by atoms with Crippen molar-refractivity contribution in [2.75, 3.05) is 9.80 Å². The fraction of sp³-hybridized carbons (Fsp3) is 0.333. The summed E-state index contributed by atoms with van der Waals surface area (Å²) < 4.78 is 1.39. The van der Waals surface area contributed by atoms with E-state index in [-0.39, 0.29) is 33.8 Å². The van der Waals surface area contributed by atoms with Crippen LogP contribution in [0.25, 0.3) is 32.0 Å². The quantitative estimate of drug-likeness (QED) is 0.163. The molecule has 2 nitrogen and oxygen atoms in total. The Balaban J connectivity index is 1.27. The van der Waals surface area contributed by atoms with Crippen LogP contribution in [-0.4, -0.2) is 6.71 Å². The number of anilines is 6. The molecule has 0 N–H and O–H groups in total. The van der Waals surface area contributed by atoms with Gasteiger partial charge in [-0.1, -0.05) is 163 Å². The van der Waals surface area contributed by atoms with E-state index in [1.807, 2.05) is 11.3 Å². The van der Waals surface area contributed by atoms with Crippen LogP contribution in [0.15, 0.2) is 127 Å². The molecule has 0 saturated heterocycles. The lowest BCUT2D eigenvalue weighted by molar-refractivity contribution is 0.332. The van der Waals surface area contributed by atoms with Crippen LogP contribution >= 0.6 is 11.3 Å². The third kappa shape index (κ3) is 6.94. The van der Waals surface area contributed by atoms with Crippen molar-refractivity contribution in [3.8, 4) is 11.1 Å². The van der Waals surface area contributed by atoms with E-state index in [2.05, 4.69) is 234 Å². The van der Waals surface area contributed by atoms with E-state index in [0.29, 0.717) is 0 Å². The normalized spacial score (nSPS) is 16.2. The topological polar surface area (TPSA) is 6.48 Å². The van der Waals surface area contributed by atoms with Gasteiger partial charge in [-0.25, -0.2) is 0 Å². The molecule has 338 valence electrons. The number of nitrogens with zero attached hydrogens (tertiary/aromatic N) is 2. The highest BCUT2D eigenvalue weighted by atomic mass is 32.1. The number of hydrogen-bond donors (Lipinski definition) is 0. The predicted octanol–water partition coefficient (Wildman–Crippen LogP) is 16.4. The van der Waals surface area contributed by atoms with Crippen LogP contribution in [0.2, 0.25) is 0 Å². The summed E-state index contributed by atoms with van der Waals surface area (Å²) in [7, 11) is 0. The molecule has 3 aliphatic rings. The molecule has 0 unspecified atom stereocenters. The second kappa shape index (κ2) is 14.7. The molecule has 0 fully saturated rings. The van der Waals surface area contributed by atoms with Crippen molar-refractivity contribution in [2.45, 2.75) is 137 Å². The van der Waals surface area contributed by atoms with Crippen LogP contribution in [0, 0.1) is 6.92 Å². The first-order valence-electron chi connectivity index (χ1n) is 24.8. The summed E-state index contributed by atoms with van der Waals surface area (Å²) in [5.74, 6) is 0. The first kappa shape index (κ1) is 44.0. The largest absolute Gasteiger partial charge is 0.311 e. The minimum atomic E-state index is -0.0392. The fourth-order valence-corrected chi connectivity index (χ4v) is 13.0. The van der Waals surface area contributed by atoms with Gasteiger partial charge in [0.1, 0.15) is 0 Å². The molecule has 0 bridgehead atoms. The average molecular weight is 895 g/mol. The number of rotatable bonds is 3. The zero-order valence-electron chi connectivity index (χ0n) is 42.4. The van der Waals surface area contributed by atoms with Crippen molar-refractivity contribution in [3.05, 3.63) is 161 Å². The molecule has 0 radical (unpaired) electrons. The molecule has 7 aromatic carbocycles. The lowest BCUT2D eigenvalue weighted by atomic mass is 9.33. The van der Waals surface area contributed by atoms with Gasteiger partial charge in [0, 0.05) is 33.0 Å². The summed E-state index contributed by atoms with van der Waals surface area (Å²) in [4.78, 5) is 5.30. The Bertz CT molecular complexity index is 3320. The first-order valence-corrected chi connectivity index (χ1v) is 25.6. The average Bonchev–Trinajstić information content (AvgIpc) is 3.64. The Morgan fingerprint density at radius 2 is 1.06 bits per heavy atom. The summed E-state index contributed by atoms with van der Waals surface area (Å²) in [5.41, 5.74) is 21.5. The van der Waals surface area contributed by atoms with Gasteiger partial charge in [0.2, 0.25) is 0 Å². The summed E-state index contributed by atoms with van der Waals surface area (Å²) in [6, 6.07) is 50.3. The van der Waals surface area contributed by atoms with E-state index in [4.69, 9.17) is 0 Å². The molecule has 4 heteroatoms. The highest BCUT2D eigenvalue weighted by Gasteiger charge is 2.47. The van der Waals surface area contributed by atoms with Gasteiger partial charge in [0.25, 0.3) is 6.71 Å². The van der Waals surface area contributed by atoms with Crippen LogP contribution in [0.3, 0.4) is 0 Å². The van der Waals surface area contributed by atoms with Gasteiger partial charge in [-0.15, -0.1) is 11.3 Å². The Labute approximate surface area is 405 Å². The Hall–Kier alpha value is -5.58. The van der Waals surface area contributed by atoms with E-state index >= 15 is 0 Å². The third-order valence-electron chi connectivity index (χ3n) is 15.8. The summed E-state index contributed by atoms with van der Waals surface area (Å²) >= 11 is 2.00. The maximum atomic E-state index is 2.66. The molecule has 67 heavy (non-hydrogen) atoms. The van der Waals surface area contributed by atoms with Crippen LogP contribution < -0.4 is 26.2 Å². The number of thiophene rings is 1. The van der Waals surface area contributed by atoms with Crippen molar-refractivity contribution in [1.82, 2.24) is 0 Å². The van der Waals surface area contributed by atoms with E-state index in [9.17, 15) is 0 Å². The van der Waals surface area contributed by atoms with Gasteiger partial charge in [0.15, 0.2) is 0 Å². The summed E-state index contributed by atoms with van der Waals surface area (Å²) in [5, 5.41) is 5.29. The van der Waals surface area contributed by atoms with E-state index in [0.717, 1.165) is 0 Å². The molecule has 2 aliphatic heterocycles. The minimum absolute atomic E-state index is 0.0283. The van der Waals surface area contributed by atoms with Crippen molar-refractivity contribution in [3.63, 3.8) is 0 Å². The monoisotopic (exact) mass is 895 g/mol. The molecule has 0 saturated carbocycles. The molecule has 0 spiro atoms. The fourth-order valence-electron chi connectivity index (χ4n) is 11.7. The highest BCUT2D eigenvalue weighted by Crippen LogP contribution is 2.53. The van der Waals surface area contributed by atoms with E-state index in [1.165, 1.54) is 128 Å². The molecule has 1 aliphatic carbocycles. The van der Waals surface area contributed by atoms with Crippen molar-refractivity contribution >= 4 is 88.7 Å². The zero-order valence-corrected chi connectivity index (χ0v) is 43.2. The predicted molar refractivity (Wildman–Crippen MR) is 295 cm³/mol. The highest BCUT2D eigenvalue weighted by molar-refractivity contribution is 7.26. The van der Waals surface area contributed by atoms with Crippen LogP contribution in [0.1, 0.15) is 136 Å². The van der Waals surface area contributed by atoms with Crippen LogP contribution in [-0.2, 0) is 27.1 Å². The Morgan fingerprint density at radius 3 is 1.72 bits per heavy atom. The standard InChI is InChI=1S/C63H67BN2S/c1-38-32-53-57-54(33-38)66(51-28-24-41(60(5,6)7)34-46(51)45-21-17-19-39-18-15-16-20-44(39)45)52-29-25-42(61(8,9)10)35-50(52)64(57)56-47-36-48-49(63(13,14)31-30-62(48,11)12)37-55(47)67-58(56)65(53)43-26-22-40(23-27-43)59(2,3)4/h15-29,32-37H,30-31H2,1-14H3. The SMILES string of the molecule is Cc1cc2c3c(c1)N(c1ccc(C(C)(C)C)cc1)c1sc4cc5c(cc4c1B3c1cc(C(C)(C)C)ccc1N2c1ccc(C(C)(C)C)cc1-c1cccc2ccccc12)C(C)(C)CCC5(C)C. The molecule has 1 aromatic heterocycles. The van der Waals surface area contributed by atoms with Crippen LogP contribution in [0.4, 0.5) is 33.4 Å². The number of hydrogen-bond acceptors (Lipinski definition) is 3. The van der Waals surface area contributed by atoms with Gasteiger partial charge in [-0.05, 0) is 173 Å². The van der Waals surface area contributed by atoms with E-state index < -0.39 is 0 Å². The maximum absolute atomic E-state index is 2.66. The van der Waals surface area contributed by atoms with Crippen molar-refractivity contribution in [1.29, 1.82) is 0 Å². The number of fused-ring (bicyclic) bond motifs is 8. The second-order valence-electron chi connectivity index (χ2n) is 24.6. The molecule has 8 aromatic rings. The Kier molecular flexibility index (Phi) is 9.65. The molecule has 0 amide bonds. The molecule has 3 heterocycles. The van der Waals surface area contributed by atoms with Gasteiger partial charge < -0.3 is 9.80 Å².